The van der Waals surface area contributed by atoms with Crippen LogP contribution in [0, 0.1) is 13.8 Å². The molecular formula is C12H13ClN4S2. The second kappa shape index (κ2) is 6.18. The van der Waals surface area contributed by atoms with Crippen LogP contribution in [0.4, 0.5) is 10.8 Å². The van der Waals surface area contributed by atoms with Gasteiger partial charge in [0.25, 0.3) is 0 Å². The maximum absolute atomic E-state index is 6.05. The Bertz CT molecular complexity index is 597. The largest absolute Gasteiger partial charge is 0.331 e. The van der Waals surface area contributed by atoms with Crippen LogP contribution in [0.5, 0.6) is 0 Å². The van der Waals surface area contributed by atoms with E-state index in [0.29, 0.717) is 10.1 Å². The predicted octanol–water partition coefficient (Wildman–Crippen LogP) is 3.73. The monoisotopic (exact) mass is 312 g/mol. The van der Waals surface area contributed by atoms with Gasteiger partial charge in [0.2, 0.25) is 5.13 Å². The molecule has 1 heterocycles. The summed E-state index contributed by atoms with van der Waals surface area (Å²) in [7, 11) is 0. The molecule has 0 aliphatic carbocycles. The molecule has 19 heavy (non-hydrogen) atoms. The Kier molecular flexibility index (Phi) is 4.57. The van der Waals surface area contributed by atoms with Crippen molar-refractivity contribution in [2.45, 2.75) is 13.8 Å². The Morgan fingerprint density at radius 3 is 2.79 bits per heavy atom. The van der Waals surface area contributed by atoms with Crippen LogP contribution in [-0.2, 0) is 0 Å². The van der Waals surface area contributed by atoms with Crippen molar-refractivity contribution < 1.29 is 0 Å². The van der Waals surface area contributed by atoms with E-state index < -0.39 is 0 Å². The molecule has 3 N–H and O–H groups in total. The number of thiazole rings is 1. The summed E-state index contributed by atoms with van der Waals surface area (Å²) in [5, 5.41) is 6.92. The lowest BCUT2D eigenvalue weighted by Crippen LogP contribution is -2.33. The van der Waals surface area contributed by atoms with Crippen LogP contribution in [0.3, 0.4) is 0 Å². The molecule has 1 aromatic heterocycles. The number of benzene rings is 1. The number of nitrogens with zero attached hydrogens (tertiary/aromatic N) is 1. The Balaban J connectivity index is 1.88. The van der Waals surface area contributed by atoms with E-state index >= 15 is 0 Å². The summed E-state index contributed by atoms with van der Waals surface area (Å²) in [4.78, 5) is 4.25. The third-order valence-corrected chi connectivity index (χ3v) is 3.82. The molecule has 2 rings (SSSR count). The number of halogens is 1. The van der Waals surface area contributed by atoms with Crippen molar-refractivity contribution in [3.63, 3.8) is 0 Å². The second-order valence-corrected chi connectivity index (χ2v) is 5.64. The van der Waals surface area contributed by atoms with Gasteiger partial charge in [0.05, 0.1) is 5.69 Å². The summed E-state index contributed by atoms with van der Waals surface area (Å²) >= 11 is 12.7. The fourth-order valence-electron chi connectivity index (χ4n) is 1.35. The van der Waals surface area contributed by atoms with Gasteiger partial charge in [0.1, 0.15) is 0 Å². The number of hydrogen-bond acceptors (Lipinski definition) is 4. The molecule has 4 nitrogen and oxygen atoms in total. The zero-order valence-electron chi connectivity index (χ0n) is 10.5. The van der Waals surface area contributed by atoms with Gasteiger partial charge >= 0.3 is 0 Å². The van der Waals surface area contributed by atoms with Gasteiger partial charge in [0, 0.05) is 16.1 Å². The van der Waals surface area contributed by atoms with Gasteiger partial charge < -0.3 is 5.32 Å². The number of aromatic nitrogens is 1. The molecule has 7 heteroatoms. The van der Waals surface area contributed by atoms with Crippen LogP contribution < -0.4 is 16.2 Å². The average molecular weight is 313 g/mol. The topological polar surface area (TPSA) is 49.0 Å². The van der Waals surface area contributed by atoms with Crippen LogP contribution in [0.25, 0.3) is 0 Å². The average Bonchev–Trinajstić information content (AvgIpc) is 2.77. The molecule has 0 aliphatic rings. The number of thiocarbonyl (C=S) groups is 1. The van der Waals surface area contributed by atoms with Gasteiger partial charge in [-0.15, -0.1) is 11.3 Å². The number of hydrazine groups is 1. The third kappa shape index (κ3) is 4.05. The number of nitrogens with one attached hydrogen (secondary N) is 3. The first kappa shape index (κ1) is 14.0. The van der Waals surface area contributed by atoms with Gasteiger partial charge in [-0.1, -0.05) is 17.7 Å². The Morgan fingerprint density at radius 2 is 2.16 bits per heavy atom. The van der Waals surface area contributed by atoms with E-state index in [4.69, 9.17) is 23.8 Å². The molecule has 0 atom stereocenters. The quantitative estimate of drug-likeness (QED) is 0.595. The molecule has 0 saturated heterocycles. The van der Waals surface area contributed by atoms with Gasteiger partial charge in [-0.25, -0.2) is 4.98 Å². The number of anilines is 2. The molecule has 0 aliphatic heterocycles. The maximum Gasteiger partial charge on any atom is 0.201 e. The number of rotatable bonds is 3. The molecule has 0 radical (unpaired) electrons. The van der Waals surface area contributed by atoms with E-state index in [1.165, 1.54) is 11.3 Å². The summed E-state index contributed by atoms with van der Waals surface area (Å²) in [5.41, 5.74) is 8.64. The highest BCUT2D eigenvalue weighted by Crippen LogP contribution is 2.19. The molecule has 2 aromatic rings. The van der Waals surface area contributed by atoms with Crippen molar-refractivity contribution in [3.05, 3.63) is 39.9 Å². The molecule has 100 valence electrons. The standard InChI is InChI=1S/C12H13ClN4S2/c1-7-3-4-9(5-10(7)13)15-11(18)16-17-12-14-8(2)6-19-12/h3-6H,1-2H3,(H,14,17)(H2,15,16,18). The highest BCUT2D eigenvalue weighted by molar-refractivity contribution is 7.80. The summed E-state index contributed by atoms with van der Waals surface area (Å²) in [6.07, 6.45) is 0. The normalized spacial score (nSPS) is 10.1. The molecule has 0 spiro atoms. The van der Waals surface area contributed by atoms with Crippen molar-refractivity contribution in [3.8, 4) is 0 Å². The number of aryl methyl sites for hydroxylation is 2. The Labute approximate surface area is 126 Å². The minimum Gasteiger partial charge on any atom is -0.331 e. The molecule has 1 aromatic carbocycles. The van der Waals surface area contributed by atoms with Gasteiger partial charge in [0.15, 0.2) is 5.11 Å². The van der Waals surface area contributed by atoms with Crippen LogP contribution in [0.1, 0.15) is 11.3 Å². The highest BCUT2D eigenvalue weighted by atomic mass is 35.5. The Morgan fingerprint density at radius 1 is 1.37 bits per heavy atom. The molecule has 0 amide bonds. The lowest BCUT2D eigenvalue weighted by molar-refractivity contribution is 1.11. The lowest BCUT2D eigenvalue weighted by Gasteiger charge is -2.11. The summed E-state index contributed by atoms with van der Waals surface area (Å²) < 4.78 is 0. The van der Waals surface area contributed by atoms with Crippen molar-refractivity contribution in [2.75, 3.05) is 10.7 Å². The molecular weight excluding hydrogens is 300 g/mol. The fourth-order valence-corrected chi connectivity index (χ4v) is 2.35. The summed E-state index contributed by atoms with van der Waals surface area (Å²) in [5.74, 6) is 0. The first-order chi connectivity index (χ1) is 9.04. The van der Waals surface area contributed by atoms with Gasteiger partial charge in [-0.2, -0.15) is 0 Å². The minimum absolute atomic E-state index is 0.452. The van der Waals surface area contributed by atoms with E-state index in [0.717, 1.165) is 22.1 Å². The molecule has 0 unspecified atom stereocenters. The zero-order valence-corrected chi connectivity index (χ0v) is 12.8. The molecule has 0 fully saturated rings. The van der Waals surface area contributed by atoms with E-state index in [2.05, 4.69) is 21.2 Å². The molecule has 0 bridgehead atoms. The van der Waals surface area contributed by atoms with Gasteiger partial charge in [-0.3, -0.25) is 10.9 Å². The second-order valence-electron chi connectivity index (χ2n) is 3.96. The van der Waals surface area contributed by atoms with Crippen molar-refractivity contribution >= 4 is 51.1 Å². The minimum atomic E-state index is 0.452. The van der Waals surface area contributed by atoms with E-state index in [9.17, 15) is 0 Å². The first-order valence-corrected chi connectivity index (χ1v) is 7.22. The third-order valence-electron chi connectivity index (χ3n) is 2.33. The number of hydrogen-bond donors (Lipinski definition) is 3. The summed E-state index contributed by atoms with van der Waals surface area (Å²) in [6, 6.07) is 5.69. The summed E-state index contributed by atoms with van der Waals surface area (Å²) in [6.45, 7) is 3.89. The van der Waals surface area contributed by atoms with E-state index in [1.807, 2.05) is 37.4 Å². The van der Waals surface area contributed by atoms with Crippen LogP contribution >= 0.6 is 35.2 Å². The van der Waals surface area contributed by atoms with Crippen LogP contribution in [0.15, 0.2) is 23.6 Å². The first-order valence-electron chi connectivity index (χ1n) is 5.56. The predicted molar refractivity (Wildman–Crippen MR) is 86.0 cm³/mol. The fraction of sp³-hybridized carbons (Fsp3) is 0.167. The van der Waals surface area contributed by atoms with Crippen molar-refractivity contribution in [2.24, 2.45) is 0 Å². The zero-order chi connectivity index (χ0) is 13.8. The van der Waals surface area contributed by atoms with Crippen molar-refractivity contribution in [1.29, 1.82) is 0 Å². The molecule has 0 saturated carbocycles. The van der Waals surface area contributed by atoms with Gasteiger partial charge in [-0.05, 0) is 43.8 Å². The maximum atomic E-state index is 6.05. The van der Waals surface area contributed by atoms with Crippen molar-refractivity contribution in [1.82, 2.24) is 10.4 Å². The van der Waals surface area contributed by atoms with Crippen LogP contribution in [-0.4, -0.2) is 10.1 Å². The van der Waals surface area contributed by atoms with E-state index in [1.54, 1.807) is 0 Å². The lowest BCUT2D eigenvalue weighted by atomic mass is 10.2. The SMILES string of the molecule is Cc1csc(NNC(=S)Nc2ccc(C)c(Cl)c2)n1. The van der Waals surface area contributed by atoms with Crippen LogP contribution in [0.2, 0.25) is 5.02 Å². The smallest absolute Gasteiger partial charge is 0.201 e. The van der Waals surface area contributed by atoms with E-state index in [-0.39, 0.29) is 0 Å². The Hall–Kier alpha value is -1.37. The highest BCUT2D eigenvalue weighted by Gasteiger charge is 2.01.